The molecule has 430 valence electrons. The second-order valence-corrected chi connectivity index (χ2v) is 22.5. The topological polar surface area (TPSA) is 376 Å². The molecule has 5 N–H and O–H groups in total. The number of carbonyl (C=O) groups excluding carboxylic acids is 6. The van der Waals surface area contributed by atoms with Crippen LogP contribution in [0.25, 0.3) is 0 Å². The van der Waals surface area contributed by atoms with Crippen LogP contribution in [0.4, 0.5) is 34.6 Å². The molecule has 88 heavy (non-hydrogen) atoms. The Hall–Kier alpha value is -4.46. The molecule has 33 heteroatoms. The van der Waals surface area contributed by atoms with Gasteiger partial charge in [0, 0.05) is 79.7 Å². The molecule has 6 aromatic carbocycles. The van der Waals surface area contributed by atoms with E-state index in [1.807, 2.05) is 0 Å². The molecule has 0 saturated carbocycles. The summed E-state index contributed by atoms with van der Waals surface area (Å²) in [5, 5.41) is 51.5. The first-order valence-corrected chi connectivity index (χ1v) is 28.5. The van der Waals surface area contributed by atoms with E-state index in [0.717, 1.165) is 12.1 Å². The number of piperidine rings is 1. The Morgan fingerprint density at radius 2 is 1.36 bits per heavy atom. The van der Waals surface area contributed by atoms with Crippen molar-refractivity contribution in [3.63, 3.8) is 0 Å². The minimum absolute atomic E-state index is 0. The predicted molar refractivity (Wildman–Crippen MR) is 295 cm³/mol. The van der Waals surface area contributed by atoms with Crippen LogP contribution >= 0.6 is 40.0 Å². The molecule has 11 rings (SSSR count). The van der Waals surface area contributed by atoms with E-state index in [0.29, 0.717) is 60.5 Å². The van der Waals surface area contributed by atoms with Crippen molar-refractivity contribution in [1.82, 2.24) is 19.9 Å². The number of benzene rings is 6. The molecule has 1 aliphatic heterocycles. The van der Waals surface area contributed by atoms with E-state index in [9.17, 15) is 62.2 Å². The first-order chi connectivity index (χ1) is 40.3. The first-order valence-electron chi connectivity index (χ1n) is 24.8. The number of carboxylic acids is 1. The van der Waals surface area contributed by atoms with Gasteiger partial charge in [-0.1, -0.05) is 94.8 Å². The van der Waals surface area contributed by atoms with E-state index in [4.69, 9.17) is 0 Å². The number of anilines is 6. The summed E-state index contributed by atoms with van der Waals surface area (Å²) in [4.78, 5) is 104. The third kappa shape index (κ3) is 14.9. The number of nitrogens with zero attached hydrogens (tertiary/aromatic N) is 3. The summed E-state index contributed by atoms with van der Waals surface area (Å²) < 4.78 is 47.9. The Bertz CT molecular complexity index is 4130. The van der Waals surface area contributed by atoms with Crippen LogP contribution in [-0.4, -0.2) is 94.0 Å². The Morgan fingerprint density at radius 3 is 2.03 bits per heavy atom. The van der Waals surface area contributed by atoms with Gasteiger partial charge in [-0.2, -0.15) is 18.6 Å². The van der Waals surface area contributed by atoms with Gasteiger partial charge in [-0.3, -0.25) is 39.0 Å². The number of nitrogens with one attached hydrogen (secondary N) is 5. The van der Waals surface area contributed by atoms with Gasteiger partial charge in [-0.25, -0.2) is 13.2 Å². The summed E-state index contributed by atoms with van der Waals surface area (Å²) in [6.07, 6.45) is 0.445. The van der Waals surface area contributed by atoms with Crippen molar-refractivity contribution in [2.75, 3.05) is 35.4 Å². The second-order valence-electron chi connectivity index (χ2n) is 18.8. The number of aromatic carboxylic acids is 1. The zero-order valence-electron chi connectivity index (χ0n) is 47.2. The Morgan fingerprint density at radius 1 is 0.716 bits per heavy atom. The molecule has 1 fully saturated rings. The minimum atomic E-state index is -5.38. The predicted octanol–water partition coefficient (Wildman–Crippen LogP) is -7.15. The van der Waals surface area contributed by atoms with E-state index < -0.39 is 85.6 Å². The molecule has 4 aliphatic rings. The summed E-state index contributed by atoms with van der Waals surface area (Å²) in [7, 11) is -2.10. The standard InChI is InChI=1S/C40H33N7O15S3.C15H10BrNO2.4Na/c1-47-27-14-13-24(31-32(27)30(20-9-2-3-10-21(20)35(31)49)33(36(47)50)34(48)18-7-6-8-19(15-18)63-61-59-54)41-25-16-26(29(65(56,57)58)17-28(25)64-62-60-55)43-39-44-38(45-40(53)46-39)42-23-12-5-4-11-22(23)37(51)52;1-17-11-7-6-10(16)12-13(11)15(19)9-5-3-2-4-8(9)14(12)18;;;;/h2-12,15-17,24,27,30,33,41,54-55H,13-14H2,1H3,(H,51,52)(H,56,57,58)(H3,42,43,44,45,46,53);2-7,17H,1H3;;;;/q;;4*+1/p-4. The average Bonchev–Trinajstić information content (AvgIpc) is 0.722. The molecule has 25 nitrogen and oxygen atoms in total. The zero-order chi connectivity index (χ0) is 59.7. The molecule has 2 heterocycles. The van der Waals surface area contributed by atoms with E-state index in [1.165, 1.54) is 54.4 Å². The Kier molecular flexibility index (Phi) is 25.8. The van der Waals surface area contributed by atoms with Gasteiger partial charge in [-0.05, 0) is 66.4 Å². The number of ketones is 4. The fourth-order valence-electron chi connectivity index (χ4n) is 10.8. The smallest absolute Gasteiger partial charge is 0.744 e. The third-order valence-electron chi connectivity index (χ3n) is 14.3. The van der Waals surface area contributed by atoms with E-state index in [2.05, 4.69) is 70.9 Å². The van der Waals surface area contributed by atoms with Crippen LogP contribution in [-0.2, 0) is 33.7 Å². The Labute approximate surface area is 605 Å². The number of Topliss-reactive ketones (excluding diaryl/α,β-unsaturated/α-hetero) is 2. The molecule has 7 aromatic rings. The van der Waals surface area contributed by atoms with Gasteiger partial charge in [0.25, 0.3) is 0 Å². The SMILES string of the molecule is CN1C(=O)C(C(=O)c2cccc(SOO[O-])c2)C2C3=C(C(=O)c4ccccc42)C(Nc2cc(Nc4nc(Nc5ccccc5C(=O)[O-])nc(=O)[nH]4)c(S(=O)(=O)[O-])cc2SOO[O-])CCC31.CNc1ccc(Br)c2c1C(=O)c1ccccc1C2=O.[Na+].[Na+].[Na+].[Na+]. The molecule has 1 saturated heterocycles. The normalized spacial score (nSPS) is 16.9. The third-order valence-corrected chi connectivity index (χ3v) is 17.0. The van der Waals surface area contributed by atoms with Gasteiger partial charge in [0.1, 0.15) is 16.0 Å². The van der Waals surface area contributed by atoms with Crippen molar-refractivity contribution in [3.8, 4) is 0 Å². The van der Waals surface area contributed by atoms with Gasteiger partial charge in [0.15, 0.2) is 23.1 Å². The number of H-pyrrole nitrogens is 1. The number of halogens is 1. The molecule has 1 amide bonds. The number of aromatic nitrogens is 3. The number of likely N-dealkylation sites (tertiary alicyclic amines) is 1. The molecular formula is C55H39BrN8Na4O17S3. The van der Waals surface area contributed by atoms with E-state index in [-0.39, 0.29) is 193 Å². The average molecular weight is 1350 g/mol. The van der Waals surface area contributed by atoms with Crippen molar-refractivity contribution in [2.45, 2.75) is 45.5 Å². The number of aromatic amines is 1. The number of carbonyl (C=O) groups is 6. The van der Waals surface area contributed by atoms with Gasteiger partial charge >= 0.3 is 124 Å². The van der Waals surface area contributed by atoms with Crippen molar-refractivity contribution in [3.05, 3.63) is 192 Å². The van der Waals surface area contributed by atoms with Crippen LogP contribution < -0.4 is 161 Å². The summed E-state index contributed by atoms with van der Waals surface area (Å²) in [5.41, 5.74) is 2.05. The van der Waals surface area contributed by atoms with Gasteiger partial charge in [-0.15, -0.1) is 0 Å². The maximum absolute atomic E-state index is 14.7. The monoisotopic (exact) mass is 1350 g/mol. The number of carboxylic acid groups (broad SMARTS) is 1. The van der Waals surface area contributed by atoms with Crippen molar-refractivity contribution < 1.29 is 194 Å². The van der Waals surface area contributed by atoms with Crippen LogP contribution in [0.1, 0.15) is 87.2 Å². The molecule has 4 unspecified atom stereocenters. The molecule has 0 spiro atoms. The number of likely N-dealkylation sites (N-methyl/N-ethyl adjacent to an activating group) is 1. The van der Waals surface area contributed by atoms with E-state index in [1.54, 1.807) is 73.8 Å². The number of fused-ring (bicyclic) bond motifs is 4. The van der Waals surface area contributed by atoms with Crippen LogP contribution in [0.15, 0.2) is 156 Å². The summed E-state index contributed by atoms with van der Waals surface area (Å²) in [5.74, 6) is -6.50. The summed E-state index contributed by atoms with van der Waals surface area (Å²) in [6, 6.07) is 29.0. The second kappa shape index (κ2) is 31.2. The molecular weight excluding hydrogens is 1310 g/mol. The molecule has 1 aromatic heterocycles. The number of amides is 1. The van der Waals surface area contributed by atoms with Crippen molar-refractivity contribution in [1.29, 1.82) is 0 Å². The number of para-hydroxylation sites is 1. The molecule has 0 radical (unpaired) electrons. The molecule has 0 bridgehead atoms. The largest absolute Gasteiger partial charge is 1.00 e. The molecule has 4 atom stereocenters. The quantitative estimate of drug-likeness (QED) is 0.0108. The van der Waals surface area contributed by atoms with Gasteiger partial charge in [0.05, 0.1) is 68.9 Å². The minimum Gasteiger partial charge on any atom is -0.744 e. The summed E-state index contributed by atoms with van der Waals surface area (Å²) in [6.45, 7) is 0. The van der Waals surface area contributed by atoms with Crippen LogP contribution in [0.3, 0.4) is 0 Å². The fourth-order valence-corrected chi connectivity index (χ4v) is 12.9. The van der Waals surface area contributed by atoms with Crippen LogP contribution in [0, 0.1) is 5.92 Å². The first kappa shape index (κ1) is 72.6. The fraction of sp³-hybridized carbons (Fsp3) is 0.145. The van der Waals surface area contributed by atoms with Gasteiger partial charge < -0.3 is 51.1 Å². The number of hydrogen-bond donors (Lipinski definition) is 5. The maximum atomic E-state index is 14.7. The number of rotatable bonds is 17. The summed E-state index contributed by atoms with van der Waals surface area (Å²) >= 11 is 4.15. The van der Waals surface area contributed by atoms with Crippen molar-refractivity contribution in [2.24, 2.45) is 5.92 Å². The van der Waals surface area contributed by atoms with Crippen molar-refractivity contribution >= 4 is 120 Å². The Balaban J connectivity index is 0.000000456. The number of hydrogen-bond acceptors (Lipinski definition) is 25. The molecule has 3 aliphatic carbocycles. The van der Waals surface area contributed by atoms with E-state index >= 15 is 0 Å². The zero-order valence-corrected chi connectivity index (χ0v) is 59.2. The van der Waals surface area contributed by atoms with Gasteiger partial charge in [0.2, 0.25) is 17.8 Å². The van der Waals surface area contributed by atoms with Crippen LogP contribution in [0.2, 0.25) is 0 Å². The van der Waals surface area contributed by atoms with Crippen LogP contribution in [0.5, 0.6) is 0 Å². The maximum Gasteiger partial charge on any atom is 1.00 e.